The van der Waals surface area contributed by atoms with Gasteiger partial charge < -0.3 is 9.80 Å². The van der Waals surface area contributed by atoms with Gasteiger partial charge in [0.15, 0.2) is 0 Å². The summed E-state index contributed by atoms with van der Waals surface area (Å²) in [6.45, 7) is 0. The number of nitrogens with zero attached hydrogens (tertiary/aromatic N) is 2. The van der Waals surface area contributed by atoms with Crippen LogP contribution in [-0.2, 0) is 0 Å². The first kappa shape index (κ1) is 12.6. The highest BCUT2D eigenvalue weighted by molar-refractivity contribution is 8.02. The smallest absolute Gasteiger partial charge is 0.0438 e. The van der Waals surface area contributed by atoms with Gasteiger partial charge in [-0.05, 0) is 28.2 Å². The Kier molecular flexibility index (Phi) is 8.65. The summed E-state index contributed by atoms with van der Waals surface area (Å²) in [6.07, 6.45) is 0. The van der Waals surface area contributed by atoms with Crippen LogP contribution in [0.1, 0.15) is 0 Å². The lowest BCUT2D eigenvalue weighted by Gasteiger charge is -2.10. The molecule has 0 saturated heterocycles. The van der Waals surface area contributed by atoms with Crippen molar-refractivity contribution in [2.75, 3.05) is 51.4 Å². The normalized spacial score (nSPS) is 11.5. The highest BCUT2D eigenvalue weighted by Gasteiger charge is 1.93. The summed E-state index contributed by atoms with van der Waals surface area (Å²) >= 11 is 4.00. The molecule has 0 aromatic carbocycles. The summed E-state index contributed by atoms with van der Waals surface area (Å²) < 4.78 is 0. The van der Waals surface area contributed by atoms with E-state index >= 15 is 0 Å². The molecule has 0 aromatic rings. The Morgan fingerprint density at radius 1 is 0.750 bits per heavy atom. The van der Waals surface area contributed by atoms with Crippen LogP contribution in [0.5, 0.6) is 0 Å². The Morgan fingerprint density at radius 3 is 1.33 bits per heavy atom. The molecular formula is C8H20N2S2. The number of rotatable bonds is 7. The summed E-state index contributed by atoms with van der Waals surface area (Å²) in [5.74, 6) is 4.80. The van der Waals surface area contributed by atoms with Crippen LogP contribution < -0.4 is 0 Å². The molecule has 0 heterocycles. The number of thioether (sulfide) groups is 2. The van der Waals surface area contributed by atoms with Gasteiger partial charge in [0.2, 0.25) is 0 Å². The molecule has 0 aliphatic carbocycles. The largest absolute Gasteiger partial charge is 0.300 e. The molecular weight excluding hydrogens is 188 g/mol. The number of hydrogen-bond acceptors (Lipinski definition) is 4. The van der Waals surface area contributed by atoms with Gasteiger partial charge in [-0.25, -0.2) is 0 Å². The van der Waals surface area contributed by atoms with Crippen LogP contribution in [0.15, 0.2) is 0 Å². The van der Waals surface area contributed by atoms with Crippen molar-refractivity contribution in [2.45, 2.75) is 0 Å². The maximum absolute atomic E-state index is 2.21. The topological polar surface area (TPSA) is 6.48 Å². The van der Waals surface area contributed by atoms with E-state index in [4.69, 9.17) is 0 Å². The quantitative estimate of drug-likeness (QED) is 0.462. The summed E-state index contributed by atoms with van der Waals surface area (Å²) in [7, 11) is 8.44. The zero-order valence-corrected chi connectivity index (χ0v) is 10.2. The SMILES string of the molecule is CN(C)CSCCSCN(C)C. The average molecular weight is 208 g/mol. The second kappa shape index (κ2) is 8.23. The third-order valence-corrected chi connectivity index (χ3v) is 3.71. The van der Waals surface area contributed by atoms with Crippen LogP contribution in [0.2, 0.25) is 0 Å². The molecule has 0 saturated carbocycles. The zero-order valence-electron chi connectivity index (χ0n) is 8.54. The van der Waals surface area contributed by atoms with Gasteiger partial charge in [0, 0.05) is 23.3 Å². The Bertz CT molecular complexity index is 85.1. The summed E-state index contributed by atoms with van der Waals surface area (Å²) in [4.78, 5) is 4.42. The molecule has 0 rings (SSSR count). The highest BCUT2D eigenvalue weighted by atomic mass is 32.2. The van der Waals surface area contributed by atoms with E-state index in [1.807, 2.05) is 23.5 Å². The Hall–Kier alpha value is 0.620. The first-order chi connectivity index (χ1) is 5.63. The summed E-state index contributed by atoms with van der Waals surface area (Å²) in [5.41, 5.74) is 0. The van der Waals surface area contributed by atoms with Crippen LogP contribution in [-0.4, -0.2) is 61.2 Å². The molecule has 12 heavy (non-hydrogen) atoms. The average Bonchev–Trinajstić information content (AvgIpc) is 1.95. The van der Waals surface area contributed by atoms with E-state index in [2.05, 4.69) is 38.0 Å². The van der Waals surface area contributed by atoms with Crippen molar-refractivity contribution in [3.05, 3.63) is 0 Å². The molecule has 0 atom stereocenters. The lowest BCUT2D eigenvalue weighted by Crippen LogP contribution is -2.12. The maximum atomic E-state index is 2.21. The molecule has 0 aromatic heterocycles. The molecule has 4 heteroatoms. The van der Waals surface area contributed by atoms with Gasteiger partial charge in [0.25, 0.3) is 0 Å². The van der Waals surface area contributed by atoms with Gasteiger partial charge >= 0.3 is 0 Å². The first-order valence-electron chi connectivity index (χ1n) is 4.08. The highest BCUT2D eigenvalue weighted by Crippen LogP contribution is 2.07. The first-order valence-corrected chi connectivity index (χ1v) is 6.39. The molecule has 0 radical (unpaired) electrons. The van der Waals surface area contributed by atoms with Crippen molar-refractivity contribution in [3.63, 3.8) is 0 Å². The minimum atomic E-state index is 1.14. The monoisotopic (exact) mass is 208 g/mol. The van der Waals surface area contributed by atoms with Crippen molar-refractivity contribution >= 4 is 23.5 Å². The molecule has 0 N–H and O–H groups in total. The van der Waals surface area contributed by atoms with Gasteiger partial charge in [-0.1, -0.05) is 0 Å². The predicted octanol–water partition coefficient (Wildman–Crippen LogP) is 1.49. The van der Waals surface area contributed by atoms with Crippen LogP contribution in [0, 0.1) is 0 Å². The molecule has 74 valence electrons. The Morgan fingerprint density at radius 2 is 1.08 bits per heavy atom. The lowest BCUT2D eigenvalue weighted by atomic mass is 10.9. The second-order valence-electron chi connectivity index (χ2n) is 3.23. The standard InChI is InChI=1S/C8H20N2S2/c1-9(2)7-11-5-6-12-8-10(3)4/h5-8H2,1-4H3. The molecule has 0 spiro atoms. The van der Waals surface area contributed by atoms with Gasteiger partial charge in [-0.15, -0.1) is 23.5 Å². The third-order valence-electron chi connectivity index (χ3n) is 1.07. The second-order valence-corrected chi connectivity index (χ2v) is 5.38. The van der Waals surface area contributed by atoms with Crippen molar-refractivity contribution in [1.29, 1.82) is 0 Å². The fourth-order valence-corrected chi connectivity index (χ4v) is 2.54. The molecule has 0 aliphatic heterocycles. The molecule has 0 fully saturated rings. The van der Waals surface area contributed by atoms with Gasteiger partial charge in [-0.2, -0.15) is 0 Å². The van der Waals surface area contributed by atoms with E-state index in [0.29, 0.717) is 0 Å². The molecule has 0 amide bonds. The van der Waals surface area contributed by atoms with E-state index < -0.39 is 0 Å². The van der Waals surface area contributed by atoms with E-state index in [0.717, 1.165) is 11.8 Å². The molecule has 0 unspecified atom stereocenters. The summed E-state index contributed by atoms with van der Waals surface area (Å²) in [5, 5.41) is 0. The van der Waals surface area contributed by atoms with Crippen LogP contribution in [0.4, 0.5) is 0 Å². The van der Waals surface area contributed by atoms with E-state index in [9.17, 15) is 0 Å². The fourth-order valence-electron chi connectivity index (χ4n) is 0.612. The van der Waals surface area contributed by atoms with Gasteiger partial charge in [0.05, 0.1) is 0 Å². The van der Waals surface area contributed by atoms with Gasteiger partial charge in [-0.3, -0.25) is 0 Å². The number of hydrogen-bond donors (Lipinski definition) is 0. The molecule has 2 nitrogen and oxygen atoms in total. The fraction of sp³-hybridized carbons (Fsp3) is 1.00. The van der Waals surface area contributed by atoms with Crippen molar-refractivity contribution in [1.82, 2.24) is 9.80 Å². The van der Waals surface area contributed by atoms with Crippen molar-refractivity contribution < 1.29 is 0 Å². The van der Waals surface area contributed by atoms with E-state index in [1.165, 1.54) is 11.5 Å². The maximum Gasteiger partial charge on any atom is 0.0438 e. The van der Waals surface area contributed by atoms with E-state index in [1.54, 1.807) is 0 Å². The van der Waals surface area contributed by atoms with E-state index in [-0.39, 0.29) is 0 Å². The van der Waals surface area contributed by atoms with Crippen LogP contribution in [0.25, 0.3) is 0 Å². The van der Waals surface area contributed by atoms with Crippen molar-refractivity contribution in [2.24, 2.45) is 0 Å². The minimum absolute atomic E-state index is 1.14. The Balaban J connectivity index is 2.91. The van der Waals surface area contributed by atoms with Crippen LogP contribution in [0.3, 0.4) is 0 Å². The molecule has 0 aliphatic rings. The predicted molar refractivity (Wildman–Crippen MR) is 62.0 cm³/mol. The minimum Gasteiger partial charge on any atom is -0.300 e. The zero-order chi connectivity index (χ0) is 9.40. The molecule has 0 bridgehead atoms. The summed E-state index contributed by atoms with van der Waals surface area (Å²) in [6, 6.07) is 0. The lowest BCUT2D eigenvalue weighted by molar-refractivity contribution is 0.485. The Labute approximate surface area is 85.1 Å². The third kappa shape index (κ3) is 10.6. The van der Waals surface area contributed by atoms with Gasteiger partial charge in [0.1, 0.15) is 0 Å². The van der Waals surface area contributed by atoms with Crippen LogP contribution >= 0.6 is 23.5 Å². The van der Waals surface area contributed by atoms with Crippen molar-refractivity contribution in [3.8, 4) is 0 Å².